The molecule has 1 unspecified atom stereocenters. The van der Waals surface area contributed by atoms with E-state index in [2.05, 4.69) is 26.2 Å². The zero-order valence-electron chi connectivity index (χ0n) is 8.78. The molecule has 1 aromatic heterocycles. The topological polar surface area (TPSA) is 42.0 Å². The van der Waals surface area contributed by atoms with Crippen molar-refractivity contribution in [2.45, 2.75) is 18.9 Å². The van der Waals surface area contributed by atoms with E-state index >= 15 is 0 Å². The molecule has 1 fully saturated rings. The van der Waals surface area contributed by atoms with Gasteiger partial charge in [0.2, 0.25) is 0 Å². The van der Waals surface area contributed by atoms with Crippen LogP contribution in [0.4, 0.5) is 0 Å². The predicted octanol–water partition coefficient (Wildman–Crippen LogP) is 2.47. The lowest BCUT2D eigenvalue weighted by Gasteiger charge is -2.22. The number of rotatable bonds is 2. The van der Waals surface area contributed by atoms with Crippen molar-refractivity contribution >= 4 is 33.6 Å². The van der Waals surface area contributed by atoms with Gasteiger partial charge in [-0.15, -0.1) is 0 Å². The Morgan fingerprint density at radius 1 is 1.56 bits per heavy atom. The molecule has 2 heterocycles. The SMILES string of the molecule is O=C(NC1CCCSC1)c1cccc(Br)n1. The Balaban J connectivity index is 1.97. The Kier molecular flexibility index (Phi) is 4.23. The number of amides is 1. The van der Waals surface area contributed by atoms with E-state index in [1.165, 1.54) is 12.2 Å². The number of nitrogens with one attached hydrogen (secondary N) is 1. The zero-order chi connectivity index (χ0) is 11.4. The highest BCUT2D eigenvalue weighted by molar-refractivity contribution is 9.10. The number of thioether (sulfide) groups is 1. The monoisotopic (exact) mass is 300 g/mol. The minimum atomic E-state index is -0.0752. The first kappa shape index (κ1) is 11.9. The van der Waals surface area contributed by atoms with Crippen molar-refractivity contribution in [1.29, 1.82) is 0 Å². The molecule has 0 radical (unpaired) electrons. The lowest BCUT2D eigenvalue weighted by atomic mass is 10.2. The minimum absolute atomic E-state index is 0.0752. The molecule has 3 nitrogen and oxygen atoms in total. The molecule has 1 aliphatic rings. The average molecular weight is 301 g/mol. The summed E-state index contributed by atoms with van der Waals surface area (Å²) in [6, 6.07) is 5.66. The van der Waals surface area contributed by atoms with Crippen LogP contribution < -0.4 is 5.32 Å². The van der Waals surface area contributed by atoms with E-state index < -0.39 is 0 Å². The van der Waals surface area contributed by atoms with Crippen LogP contribution in [0.3, 0.4) is 0 Å². The van der Waals surface area contributed by atoms with Gasteiger partial charge in [0.15, 0.2) is 0 Å². The molecular formula is C11H13BrN2OS. The fraction of sp³-hybridized carbons (Fsp3) is 0.455. The van der Waals surface area contributed by atoms with E-state index in [-0.39, 0.29) is 5.91 Å². The number of nitrogens with zero attached hydrogens (tertiary/aromatic N) is 1. The van der Waals surface area contributed by atoms with Crippen LogP contribution in [0.15, 0.2) is 22.8 Å². The van der Waals surface area contributed by atoms with Crippen LogP contribution >= 0.6 is 27.7 Å². The minimum Gasteiger partial charge on any atom is -0.347 e. The van der Waals surface area contributed by atoms with Gasteiger partial charge in [-0.1, -0.05) is 6.07 Å². The molecule has 1 saturated heterocycles. The lowest BCUT2D eigenvalue weighted by Crippen LogP contribution is -2.38. The quantitative estimate of drug-likeness (QED) is 0.853. The van der Waals surface area contributed by atoms with Gasteiger partial charge >= 0.3 is 0 Å². The van der Waals surface area contributed by atoms with Crippen LogP contribution in [-0.4, -0.2) is 28.4 Å². The summed E-state index contributed by atoms with van der Waals surface area (Å²) >= 11 is 5.16. The normalized spacial score (nSPS) is 20.4. The smallest absolute Gasteiger partial charge is 0.270 e. The Morgan fingerprint density at radius 3 is 3.12 bits per heavy atom. The van der Waals surface area contributed by atoms with E-state index in [1.54, 1.807) is 6.07 Å². The summed E-state index contributed by atoms with van der Waals surface area (Å²) in [7, 11) is 0. The molecule has 1 atom stereocenters. The molecular weight excluding hydrogens is 288 g/mol. The maximum atomic E-state index is 11.9. The van der Waals surface area contributed by atoms with Gasteiger partial charge in [0.25, 0.3) is 5.91 Å². The molecule has 86 valence electrons. The van der Waals surface area contributed by atoms with Crippen molar-refractivity contribution in [2.75, 3.05) is 11.5 Å². The summed E-state index contributed by atoms with van der Waals surface area (Å²) < 4.78 is 0.693. The summed E-state index contributed by atoms with van der Waals surface area (Å²) in [5, 5.41) is 3.02. The summed E-state index contributed by atoms with van der Waals surface area (Å²) in [5.41, 5.74) is 0.477. The van der Waals surface area contributed by atoms with E-state index in [0.717, 1.165) is 12.2 Å². The van der Waals surface area contributed by atoms with Gasteiger partial charge in [0.1, 0.15) is 10.3 Å². The molecule has 1 amide bonds. The number of hydrogen-bond donors (Lipinski definition) is 1. The molecule has 0 aromatic carbocycles. The number of hydrogen-bond acceptors (Lipinski definition) is 3. The molecule has 1 aromatic rings. The first-order valence-corrected chi connectivity index (χ1v) is 7.21. The first-order chi connectivity index (χ1) is 7.75. The van der Waals surface area contributed by atoms with Gasteiger partial charge in [-0.05, 0) is 46.7 Å². The third kappa shape index (κ3) is 3.22. The van der Waals surface area contributed by atoms with Gasteiger partial charge in [0.05, 0.1) is 0 Å². The number of pyridine rings is 1. The highest BCUT2D eigenvalue weighted by Crippen LogP contribution is 2.17. The number of aromatic nitrogens is 1. The third-order valence-electron chi connectivity index (χ3n) is 2.44. The van der Waals surface area contributed by atoms with E-state index in [4.69, 9.17) is 0 Å². The lowest BCUT2D eigenvalue weighted by molar-refractivity contribution is 0.0933. The molecule has 16 heavy (non-hydrogen) atoms. The number of carbonyl (C=O) groups excluding carboxylic acids is 1. The van der Waals surface area contributed by atoms with Gasteiger partial charge in [0, 0.05) is 11.8 Å². The van der Waals surface area contributed by atoms with Gasteiger partial charge in [-0.2, -0.15) is 11.8 Å². The van der Waals surface area contributed by atoms with Crippen LogP contribution in [0.25, 0.3) is 0 Å². The standard InChI is InChI=1S/C11H13BrN2OS/c12-10-5-1-4-9(14-10)11(15)13-8-3-2-6-16-7-8/h1,4-5,8H,2-3,6-7H2,(H,13,15). The van der Waals surface area contributed by atoms with Crippen LogP contribution in [0.5, 0.6) is 0 Å². The van der Waals surface area contributed by atoms with Gasteiger partial charge in [-0.25, -0.2) is 4.98 Å². The molecule has 0 saturated carbocycles. The highest BCUT2D eigenvalue weighted by atomic mass is 79.9. The molecule has 1 N–H and O–H groups in total. The Bertz CT molecular complexity index is 380. The summed E-state index contributed by atoms with van der Waals surface area (Å²) in [6.07, 6.45) is 2.26. The van der Waals surface area contributed by atoms with Crippen molar-refractivity contribution in [2.24, 2.45) is 0 Å². The fourth-order valence-electron chi connectivity index (χ4n) is 1.65. The molecule has 0 aliphatic carbocycles. The van der Waals surface area contributed by atoms with Crippen molar-refractivity contribution in [3.05, 3.63) is 28.5 Å². The summed E-state index contributed by atoms with van der Waals surface area (Å²) in [5.74, 6) is 2.15. The van der Waals surface area contributed by atoms with Crippen LogP contribution in [-0.2, 0) is 0 Å². The van der Waals surface area contributed by atoms with Crippen molar-refractivity contribution in [3.63, 3.8) is 0 Å². The molecule has 1 aliphatic heterocycles. The summed E-state index contributed by atoms with van der Waals surface area (Å²) in [6.45, 7) is 0. The maximum absolute atomic E-state index is 11.9. The van der Waals surface area contributed by atoms with Gasteiger partial charge < -0.3 is 5.32 Å². The van der Waals surface area contributed by atoms with Crippen LogP contribution in [0.1, 0.15) is 23.3 Å². The van der Waals surface area contributed by atoms with E-state index in [9.17, 15) is 4.79 Å². The van der Waals surface area contributed by atoms with Crippen LogP contribution in [0.2, 0.25) is 0 Å². The van der Waals surface area contributed by atoms with Crippen LogP contribution in [0, 0.1) is 0 Å². The van der Waals surface area contributed by atoms with E-state index in [0.29, 0.717) is 16.3 Å². The van der Waals surface area contributed by atoms with Gasteiger partial charge in [-0.3, -0.25) is 4.79 Å². The first-order valence-electron chi connectivity index (χ1n) is 5.27. The second-order valence-electron chi connectivity index (χ2n) is 3.73. The van der Waals surface area contributed by atoms with Crippen molar-refractivity contribution in [3.8, 4) is 0 Å². The highest BCUT2D eigenvalue weighted by Gasteiger charge is 2.17. The van der Waals surface area contributed by atoms with Crippen molar-refractivity contribution in [1.82, 2.24) is 10.3 Å². The second-order valence-corrected chi connectivity index (χ2v) is 5.70. The average Bonchev–Trinajstić information content (AvgIpc) is 2.30. The van der Waals surface area contributed by atoms with Crippen molar-refractivity contribution < 1.29 is 4.79 Å². The summed E-state index contributed by atoms with van der Waals surface area (Å²) in [4.78, 5) is 16.0. The predicted molar refractivity (Wildman–Crippen MR) is 69.8 cm³/mol. The Hall–Kier alpha value is -0.550. The molecule has 0 bridgehead atoms. The number of halogens is 1. The Morgan fingerprint density at radius 2 is 2.44 bits per heavy atom. The fourth-order valence-corrected chi connectivity index (χ4v) is 3.06. The zero-order valence-corrected chi connectivity index (χ0v) is 11.2. The molecule has 0 spiro atoms. The largest absolute Gasteiger partial charge is 0.347 e. The Labute approximate surface area is 108 Å². The second kappa shape index (κ2) is 5.68. The molecule has 5 heteroatoms. The maximum Gasteiger partial charge on any atom is 0.270 e. The number of carbonyl (C=O) groups is 1. The third-order valence-corrected chi connectivity index (χ3v) is 4.10. The van der Waals surface area contributed by atoms with E-state index in [1.807, 2.05) is 23.9 Å². The molecule has 2 rings (SSSR count).